The summed E-state index contributed by atoms with van der Waals surface area (Å²) in [6, 6.07) is 13.2. The van der Waals surface area contributed by atoms with Crippen molar-refractivity contribution in [3.8, 4) is 5.69 Å². The van der Waals surface area contributed by atoms with Crippen LogP contribution in [0.15, 0.2) is 47.0 Å². The monoisotopic (exact) mass is 308 g/mol. The molecule has 3 aromatic rings. The first-order valence-corrected chi connectivity index (χ1v) is 7.61. The van der Waals surface area contributed by atoms with Crippen molar-refractivity contribution in [2.24, 2.45) is 0 Å². The fourth-order valence-electron chi connectivity index (χ4n) is 2.51. The number of aryl methyl sites for hydroxylation is 1. The van der Waals surface area contributed by atoms with Gasteiger partial charge in [0.05, 0.1) is 11.4 Å². The SMILES string of the molecule is Cc1cc(NC(=O)c2cc(C3CC3)nn2-c2ccccc2)no1. The number of hydrogen-bond donors (Lipinski definition) is 1. The molecule has 1 fully saturated rings. The van der Waals surface area contributed by atoms with E-state index < -0.39 is 0 Å². The van der Waals surface area contributed by atoms with Gasteiger partial charge in [-0.25, -0.2) is 4.68 Å². The lowest BCUT2D eigenvalue weighted by atomic mass is 10.2. The van der Waals surface area contributed by atoms with E-state index in [1.54, 1.807) is 17.7 Å². The van der Waals surface area contributed by atoms with Crippen molar-refractivity contribution in [2.45, 2.75) is 25.7 Å². The number of carbonyl (C=O) groups excluding carboxylic acids is 1. The van der Waals surface area contributed by atoms with E-state index in [1.807, 2.05) is 36.4 Å². The highest BCUT2D eigenvalue weighted by Gasteiger charge is 2.29. The normalized spacial score (nSPS) is 14.0. The molecule has 1 aliphatic carbocycles. The average Bonchev–Trinajstić information content (AvgIpc) is 3.18. The Morgan fingerprint density at radius 1 is 1.26 bits per heavy atom. The number of nitrogens with one attached hydrogen (secondary N) is 1. The van der Waals surface area contributed by atoms with Crippen LogP contribution >= 0.6 is 0 Å². The molecule has 0 unspecified atom stereocenters. The number of aromatic nitrogens is 3. The van der Waals surface area contributed by atoms with Gasteiger partial charge in [0.2, 0.25) is 0 Å². The molecule has 116 valence electrons. The van der Waals surface area contributed by atoms with E-state index in [2.05, 4.69) is 15.6 Å². The van der Waals surface area contributed by atoms with Gasteiger partial charge in [-0.1, -0.05) is 23.4 Å². The number of nitrogens with zero attached hydrogens (tertiary/aromatic N) is 3. The first-order valence-electron chi connectivity index (χ1n) is 7.61. The summed E-state index contributed by atoms with van der Waals surface area (Å²) in [6.07, 6.45) is 2.27. The van der Waals surface area contributed by atoms with Crippen molar-refractivity contribution in [2.75, 3.05) is 5.32 Å². The zero-order valence-corrected chi connectivity index (χ0v) is 12.7. The highest BCUT2D eigenvalue weighted by Crippen LogP contribution is 2.39. The average molecular weight is 308 g/mol. The summed E-state index contributed by atoms with van der Waals surface area (Å²) in [4.78, 5) is 12.6. The zero-order chi connectivity index (χ0) is 15.8. The molecule has 0 saturated heterocycles. The molecular formula is C17H16N4O2. The van der Waals surface area contributed by atoms with Gasteiger partial charge in [0.25, 0.3) is 5.91 Å². The van der Waals surface area contributed by atoms with E-state index in [4.69, 9.17) is 4.52 Å². The topological polar surface area (TPSA) is 73.0 Å². The summed E-state index contributed by atoms with van der Waals surface area (Å²) >= 11 is 0. The van der Waals surface area contributed by atoms with E-state index in [1.165, 1.54) is 0 Å². The maximum atomic E-state index is 12.6. The van der Waals surface area contributed by atoms with Crippen LogP contribution < -0.4 is 5.32 Å². The number of anilines is 1. The molecule has 0 spiro atoms. The van der Waals surface area contributed by atoms with Gasteiger partial charge in [-0.2, -0.15) is 5.10 Å². The molecular weight excluding hydrogens is 292 g/mol. The van der Waals surface area contributed by atoms with Gasteiger partial charge in [-0.05, 0) is 38.0 Å². The lowest BCUT2D eigenvalue weighted by Gasteiger charge is -2.06. The molecule has 1 aliphatic rings. The minimum atomic E-state index is -0.249. The number of amides is 1. The third-order valence-corrected chi connectivity index (χ3v) is 3.83. The number of para-hydroxylation sites is 1. The van der Waals surface area contributed by atoms with Gasteiger partial charge in [0, 0.05) is 12.0 Å². The maximum absolute atomic E-state index is 12.6. The predicted molar refractivity (Wildman–Crippen MR) is 84.7 cm³/mol. The second-order valence-electron chi connectivity index (χ2n) is 5.75. The van der Waals surface area contributed by atoms with E-state index in [9.17, 15) is 4.79 Å². The molecule has 1 amide bonds. The van der Waals surface area contributed by atoms with Crippen molar-refractivity contribution in [3.63, 3.8) is 0 Å². The highest BCUT2D eigenvalue weighted by molar-refractivity contribution is 6.03. The Bertz CT molecular complexity index is 847. The summed E-state index contributed by atoms with van der Waals surface area (Å²) in [5, 5.41) is 11.2. The summed E-state index contributed by atoms with van der Waals surface area (Å²) in [5.41, 5.74) is 2.33. The molecule has 2 heterocycles. The first kappa shape index (κ1) is 13.8. The van der Waals surface area contributed by atoms with E-state index >= 15 is 0 Å². The molecule has 0 atom stereocenters. The van der Waals surface area contributed by atoms with Gasteiger partial charge in [-0.3, -0.25) is 4.79 Å². The molecule has 0 bridgehead atoms. The molecule has 0 radical (unpaired) electrons. The number of benzene rings is 1. The van der Waals surface area contributed by atoms with Gasteiger partial charge in [0.1, 0.15) is 11.5 Å². The fourth-order valence-corrected chi connectivity index (χ4v) is 2.51. The van der Waals surface area contributed by atoms with E-state index in [-0.39, 0.29) is 5.91 Å². The van der Waals surface area contributed by atoms with Gasteiger partial charge >= 0.3 is 0 Å². The van der Waals surface area contributed by atoms with Gasteiger partial charge in [-0.15, -0.1) is 0 Å². The van der Waals surface area contributed by atoms with Gasteiger partial charge < -0.3 is 9.84 Å². The largest absolute Gasteiger partial charge is 0.360 e. The standard InChI is InChI=1S/C17H16N4O2/c1-11-9-16(20-23-11)18-17(22)15-10-14(12-7-8-12)19-21(15)13-5-3-2-4-6-13/h2-6,9-10,12H,7-8H2,1H3,(H,18,20,22). The van der Waals surface area contributed by atoms with Crippen LogP contribution in [-0.2, 0) is 0 Å². The van der Waals surface area contributed by atoms with E-state index in [0.717, 1.165) is 24.2 Å². The van der Waals surface area contributed by atoms with Crippen LogP contribution in [0.4, 0.5) is 5.82 Å². The molecule has 23 heavy (non-hydrogen) atoms. The van der Waals surface area contributed by atoms with Crippen LogP contribution in [0.3, 0.4) is 0 Å². The molecule has 1 N–H and O–H groups in total. The highest BCUT2D eigenvalue weighted by atomic mass is 16.5. The number of carbonyl (C=O) groups is 1. The summed E-state index contributed by atoms with van der Waals surface area (Å²) < 4.78 is 6.67. The number of rotatable bonds is 4. The minimum absolute atomic E-state index is 0.249. The second kappa shape index (κ2) is 5.39. The minimum Gasteiger partial charge on any atom is -0.360 e. The van der Waals surface area contributed by atoms with Crippen LogP contribution in [-0.4, -0.2) is 20.8 Å². The van der Waals surface area contributed by atoms with Crippen molar-refractivity contribution >= 4 is 11.7 Å². The summed E-state index contributed by atoms with van der Waals surface area (Å²) in [7, 11) is 0. The van der Waals surface area contributed by atoms with Crippen molar-refractivity contribution in [1.29, 1.82) is 0 Å². The van der Waals surface area contributed by atoms with E-state index in [0.29, 0.717) is 23.2 Å². The molecule has 1 aromatic carbocycles. The Balaban J connectivity index is 1.70. The molecule has 2 aromatic heterocycles. The van der Waals surface area contributed by atoms with Crippen molar-refractivity contribution < 1.29 is 9.32 Å². The smallest absolute Gasteiger partial charge is 0.275 e. The molecule has 1 saturated carbocycles. The predicted octanol–water partition coefficient (Wildman–Crippen LogP) is 3.30. The summed E-state index contributed by atoms with van der Waals surface area (Å²) in [5.74, 6) is 1.28. The van der Waals surface area contributed by atoms with Crippen LogP contribution in [0.5, 0.6) is 0 Å². The second-order valence-corrected chi connectivity index (χ2v) is 5.75. The van der Waals surface area contributed by atoms with Crippen LogP contribution in [0.1, 0.15) is 40.7 Å². The third kappa shape index (κ3) is 2.75. The third-order valence-electron chi connectivity index (χ3n) is 3.83. The fraction of sp³-hybridized carbons (Fsp3) is 0.235. The Morgan fingerprint density at radius 2 is 2.04 bits per heavy atom. The quantitative estimate of drug-likeness (QED) is 0.802. The van der Waals surface area contributed by atoms with Crippen LogP contribution in [0, 0.1) is 6.92 Å². The lowest BCUT2D eigenvalue weighted by Crippen LogP contribution is -2.17. The lowest BCUT2D eigenvalue weighted by molar-refractivity contribution is 0.101. The Labute approximate surface area is 133 Å². The van der Waals surface area contributed by atoms with Crippen LogP contribution in [0.25, 0.3) is 5.69 Å². The van der Waals surface area contributed by atoms with Gasteiger partial charge in [0.15, 0.2) is 5.82 Å². The zero-order valence-electron chi connectivity index (χ0n) is 12.7. The molecule has 6 nitrogen and oxygen atoms in total. The summed E-state index contributed by atoms with van der Waals surface area (Å²) in [6.45, 7) is 1.78. The van der Waals surface area contributed by atoms with Crippen molar-refractivity contribution in [1.82, 2.24) is 14.9 Å². The Hall–Kier alpha value is -2.89. The molecule has 0 aliphatic heterocycles. The molecule has 4 rings (SSSR count). The number of hydrogen-bond acceptors (Lipinski definition) is 4. The Morgan fingerprint density at radius 3 is 2.70 bits per heavy atom. The maximum Gasteiger partial charge on any atom is 0.275 e. The van der Waals surface area contributed by atoms with Crippen molar-refractivity contribution in [3.05, 3.63) is 59.6 Å². The Kier molecular flexibility index (Phi) is 3.22. The molecule has 6 heteroatoms. The van der Waals surface area contributed by atoms with Crippen LogP contribution in [0.2, 0.25) is 0 Å². The first-order chi connectivity index (χ1) is 11.2.